The molecule has 0 spiro atoms. The molecule has 1 aromatic carbocycles. The molecule has 0 radical (unpaired) electrons. The van der Waals surface area contributed by atoms with Crippen molar-refractivity contribution >= 4 is 40.9 Å². The van der Waals surface area contributed by atoms with Crippen LogP contribution in [0.1, 0.15) is 53.1 Å². The minimum absolute atomic E-state index is 0.0676. The van der Waals surface area contributed by atoms with E-state index in [4.69, 9.17) is 23.2 Å². The molecule has 31 heavy (non-hydrogen) atoms. The van der Waals surface area contributed by atoms with Gasteiger partial charge in [0.15, 0.2) is 0 Å². The molecule has 0 saturated carbocycles. The van der Waals surface area contributed by atoms with Gasteiger partial charge < -0.3 is 4.74 Å². The summed E-state index contributed by atoms with van der Waals surface area (Å²) in [6, 6.07) is 4.62. The Morgan fingerprint density at radius 2 is 1.74 bits per heavy atom. The summed E-state index contributed by atoms with van der Waals surface area (Å²) in [5.41, 5.74) is -3.91. The molecule has 0 saturated heterocycles. The molecule has 0 aliphatic carbocycles. The van der Waals surface area contributed by atoms with Crippen LogP contribution in [0.2, 0.25) is 10.0 Å². The number of halogens is 7. The van der Waals surface area contributed by atoms with Crippen LogP contribution in [0, 0.1) is 5.92 Å². The van der Waals surface area contributed by atoms with Crippen LogP contribution in [0.5, 0.6) is 0 Å². The van der Waals surface area contributed by atoms with E-state index in [1.807, 2.05) is 0 Å². The van der Waals surface area contributed by atoms with Gasteiger partial charge in [0, 0.05) is 10.6 Å². The highest BCUT2D eigenvalue weighted by atomic mass is 35.5. The Balaban J connectivity index is 2.79. The summed E-state index contributed by atoms with van der Waals surface area (Å²) in [6.07, 6.45) is -8.49. The molecule has 0 aliphatic rings. The second kappa shape index (κ2) is 10.4. The van der Waals surface area contributed by atoms with Crippen LogP contribution in [0.3, 0.4) is 0 Å². The van der Waals surface area contributed by atoms with Crippen molar-refractivity contribution in [2.24, 2.45) is 5.92 Å². The van der Waals surface area contributed by atoms with Crippen molar-refractivity contribution in [3.05, 3.63) is 56.3 Å². The molecular weight excluding hydrogens is 484 g/mol. The van der Waals surface area contributed by atoms with Crippen LogP contribution in [0.15, 0.2) is 23.1 Å². The zero-order valence-electron chi connectivity index (χ0n) is 16.6. The summed E-state index contributed by atoms with van der Waals surface area (Å²) in [4.78, 5) is 15.8. The first-order valence-corrected chi connectivity index (χ1v) is 10.7. The van der Waals surface area contributed by atoms with Crippen LogP contribution in [0.25, 0.3) is 0 Å². The van der Waals surface area contributed by atoms with Crippen molar-refractivity contribution in [1.82, 2.24) is 4.98 Å². The summed E-state index contributed by atoms with van der Waals surface area (Å²) in [6.45, 7) is 3.39. The van der Waals surface area contributed by atoms with Gasteiger partial charge in [-0.2, -0.15) is 13.2 Å². The van der Waals surface area contributed by atoms with E-state index in [0.29, 0.717) is 4.90 Å². The van der Waals surface area contributed by atoms with Gasteiger partial charge in [-0.05, 0) is 35.6 Å². The highest BCUT2D eigenvalue weighted by molar-refractivity contribution is 7.98. The zero-order valence-corrected chi connectivity index (χ0v) is 18.9. The van der Waals surface area contributed by atoms with Crippen molar-refractivity contribution in [3.8, 4) is 0 Å². The van der Waals surface area contributed by atoms with E-state index in [1.165, 1.54) is 12.1 Å². The van der Waals surface area contributed by atoms with Crippen molar-refractivity contribution < 1.29 is 31.5 Å². The molecule has 1 heterocycles. The number of carbonyl (C=O) groups is 1. The number of carbonyl (C=O) groups excluding carboxylic acids is 1. The van der Waals surface area contributed by atoms with Crippen LogP contribution in [0.4, 0.5) is 22.0 Å². The second-order valence-corrected chi connectivity index (χ2v) is 8.71. The fourth-order valence-corrected chi connectivity index (χ4v) is 4.70. The van der Waals surface area contributed by atoms with Gasteiger partial charge in [-0.15, -0.1) is 11.8 Å². The maximum atomic E-state index is 13.8. The van der Waals surface area contributed by atoms with Gasteiger partial charge in [0.05, 0.1) is 22.7 Å². The molecule has 11 heteroatoms. The molecule has 1 aromatic heterocycles. The number of hydrogen-bond acceptors (Lipinski definition) is 4. The van der Waals surface area contributed by atoms with Gasteiger partial charge in [-0.25, -0.2) is 18.6 Å². The number of esters is 1. The molecule has 0 atom stereocenters. The van der Waals surface area contributed by atoms with E-state index in [0.717, 1.165) is 18.9 Å². The predicted octanol–water partition coefficient (Wildman–Crippen LogP) is 7.62. The lowest BCUT2D eigenvalue weighted by molar-refractivity contribution is -0.142. The first-order chi connectivity index (χ1) is 14.4. The van der Waals surface area contributed by atoms with E-state index >= 15 is 0 Å². The van der Waals surface area contributed by atoms with Gasteiger partial charge >= 0.3 is 12.1 Å². The number of alkyl halides is 5. The van der Waals surface area contributed by atoms with Gasteiger partial charge in [0.1, 0.15) is 11.4 Å². The largest absolute Gasteiger partial charge is 0.465 e. The molecule has 0 bridgehead atoms. The summed E-state index contributed by atoms with van der Waals surface area (Å²) in [5.74, 6) is -1.76. The van der Waals surface area contributed by atoms with E-state index < -0.39 is 35.5 Å². The number of thioether (sulfide) groups is 1. The number of ether oxygens (including phenoxy) is 1. The first-order valence-electron chi connectivity index (χ1n) is 8.94. The lowest BCUT2D eigenvalue weighted by Gasteiger charge is -2.22. The van der Waals surface area contributed by atoms with Crippen LogP contribution in [-0.2, 0) is 23.1 Å². The lowest BCUT2D eigenvalue weighted by Crippen LogP contribution is -2.22. The minimum atomic E-state index is -5.02. The third-order valence-electron chi connectivity index (χ3n) is 4.20. The molecule has 2 aromatic rings. The Hall–Kier alpha value is -1.58. The molecular formula is C20H18Cl2F5NO2S. The molecule has 2 rings (SSSR count). The van der Waals surface area contributed by atoms with Gasteiger partial charge in [-0.3, -0.25) is 0 Å². The number of methoxy groups -OCH3 is 1. The third kappa shape index (κ3) is 6.02. The standard InChI is InChI=1S/C20H18Cl2F5NO2S/c1-9(2)7-10-11(8-31-16-12(21)5-4-6-13(16)22)17(20(25,26)27)28-15(18(23)24)14(10)19(29)30-3/h4-6,9,18H,7-8H2,1-3H3. The molecule has 0 fully saturated rings. The first kappa shape index (κ1) is 25.7. The number of aromatic nitrogens is 1. The number of hydrogen-bond donors (Lipinski definition) is 0. The van der Waals surface area contributed by atoms with Crippen molar-refractivity contribution in [2.45, 2.75) is 43.5 Å². The molecule has 0 N–H and O–H groups in total. The molecule has 3 nitrogen and oxygen atoms in total. The SMILES string of the molecule is COC(=O)c1c(C(F)F)nc(C(F)(F)F)c(CSc2c(Cl)cccc2Cl)c1CC(C)C. The second-order valence-electron chi connectivity index (χ2n) is 6.91. The fourth-order valence-electron chi connectivity index (χ4n) is 2.97. The molecule has 170 valence electrons. The highest BCUT2D eigenvalue weighted by Gasteiger charge is 2.40. The van der Waals surface area contributed by atoms with E-state index in [2.05, 4.69) is 9.72 Å². The summed E-state index contributed by atoms with van der Waals surface area (Å²) < 4.78 is 73.3. The minimum Gasteiger partial charge on any atom is -0.465 e. The number of benzene rings is 1. The van der Waals surface area contributed by atoms with Gasteiger partial charge in [-0.1, -0.05) is 43.1 Å². The quantitative estimate of drug-likeness (QED) is 0.222. The van der Waals surface area contributed by atoms with Crippen molar-refractivity contribution in [1.29, 1.82) is 0 Å². The fraction of sp³-hybridized carbons (Fsp3) is 0.400. The summed E-state index contributed by atoms with van der Waals surface area (Å²) >= 11 is 13.1. The van der Waals surface area contributed by atoms with Crippen LogP contribution >= 0.6 is 35.0 Å². The average molecular weight is 502 g/mol. The maximum Gasteiger partial charge on any atom is 0.433 e. The predicted molar refractivity (Wildman–Crippen MR) is 110 cm³/mol. The smallest absolute Gasteiger partial charge is 0.433 e. The lowest BCUT2D eigenvalue weighted by atomic mass is 9.91. The Bertz CT molecular complexity index is 947. The normalized spacial score (nSPS) is 12.0. The van der Waals surface area contributed by atoms with Crippen molar-refractivity contribution in [2.75, 3.05) is 7.11 Å². The van der Waals surface area contributed by atoms with Crippen LogP contribution < -0.4 is 0 Å². The molecule has 0 aliphatic heterocycles. The van der Waals surface area contributed by atoms with Gasteiger partial charge in [0.25, 0.3) is 6.43 Å². The Labute approximate surface area is 190 Å². The monoisotopic (exact) mass is 501 g/mol. The zero-order chi connectivity index (χ0) is 23.5. The highest BCUT2D eigenvalue weighted by Crippen LogP contribution is 2.42. The number of nitrogens with zero attached hydrogens (tertiary/aromatic N) is 1. The maximum absolute atomic E-state index is 13.8. The van der Waals surface area contributed by atoms with Crippen LogP contribution in [-0.4, -0.2) is 18.1 Å². The van der Waals surface area contributed by atoms with E-state index in [1.54, 1.807) is 19.9 Å². The van der Waals surface area contributed by atoms with E-state index in [9.17, 15) is 26.7 Å². The third-order valence-corrected chi connectivity index (χ3v) is 6.21. The Morgan fingerprint density at radius 1 is 1.16 bits per heavy atom. The van der Waals surface area contributed by atoms with E-state index in [-0.39, 0.29) is 39.3 Å². The van der Waals surface area contributed by atoms with Gasteiger partial charge in [0.2, 0.25) is 0 Å². The molecule has 0 unspecified atom stereocenters. The number of rotatable bonds is 7. The topological polar surface area (TPSA) is 39.2 Å². The Morgan fingerprint density at radius 3 is 2.19 bits per heavy atom. The average Bonchev–Trinajstić information content (AvgIpc) is 2.65. The summed E-state index contributed by atoms with van der Waals surface area (Å²) in [7, 11) is 0.965. The Kier molecular flexibility index (Phi) is 8.58. The van der Waals surface area contributed by atoms with Crippen molar-refractivity contribution in [3.63, 3.8) is 0 Å². The summed E-state index contributed by atoms with van der Waals surface area (Å²) in [5, 5.41) is 0.448. The number of pyridine rings is 1. The molecule has 0 amide bonds.